The largest absolute Gasteiger partial charge is 0.396 e. The summed E-state index contributed by atoms with van der Waals surface area (Å²) in [5.74, 6) is 0.797. The molecule has 3 N–H and O–H groups in total. The van der Waals surface area contributed by atoms with Crippen molar-refractivity contribution in [3.05, 3.63) is 66.0 Å². The molecule has 0 aliphatic carbocycles. The first-order valence-corrected chi connectivity index (χ1v) is 11.4. The second kappa shape index (κ2) is 10.6. The molecule has 0 amide bonds. The molecule has 7 heteroatoms. The Hall–Kier alpha value is -2.90. The van der Waals surface area contributed by atoms with Gasteiger partial charge in [-0.15, -0.1) is 0 Å². The minimum atomic E-state index is -0.00984. The smallest absolute Gasteiger partial charge is 0.191 e. The van der Waals surface area contributed by atoms with Gasteiger partial charge in [0, 0.05) is 38.3 Å². The fourth-order valence-corrected chi connectivity index (χ4v) is 4.18. The molecular weight excluding hydrogens is 402 g/mol. The highest BCUT2D eigenvalue weighted by Gasteiger charge is 2.34. The maximum Gasteiger partial charge on any atom is 0.191 e. The van der Waals surface area contributed by atoms with Gasteiger partial charge >= 0.3 is 0 Å². The molecule has 1 fully saturated rings. The van der Waals surface area contributed by atoms with Gasteiger partial charge in [0.05, 0.1) is 30.5 Å². The minimum Gasteiger partial charge on any atom is -0.396 e. The molecular formula is C25H33N5O2. The molecule has 0 saturated carbocycles. The number of nitrogens with one attached hydrogen (secondary N) is 2. The van der Waals surface area contributed by atoms with Gasteiger partial charge in [-0.25, -0.2) is 9.98 Å². The van der Waals surface area contributed by atoms with Crippen molar-refractivity contribution >= 4 is 17.0 Å². The highest BCUT2D eigenvalue weighted by Crippen LogP contribution is 2.31. The number of rotatable bonds is 9. The molecule has 1 aromatic heterocycles. The first kappa shape index (κ1) is 22.3. The van der Waals surface area contributed by atoms with Crippen LogP contribution in [0.3, 0.4) is 0 Å². The molecule has 3 aromatic rings. The third kappa shape index (κ3) is 5.47. The summed E-state index contributed by atoms with van der Waals surface area (Å²) in [6.07, 6.45) is 3.61. The van der Waals surface area contributed by atoms with Crippen LogP contribution in [0.5, 0.6) is 0 Å². The van der Waals surface area contributed by atoms with Gasteiger partial charge in [0.15, 0.2) is 5.96 Å². The number of hydrogen-bond acceptors (Lipinski definition) is 4. The van der Waals surface area contributed by atoms with E-state index in [9.17, 15) is 5.11 Å². The van der Waals surface area contributed by atoms with E-state index in [4.69, 9.17) is 9.73 Å². The highest BCUT2D eigenvalue weighted by molar-refractivity contribution is 5.79. The molecule has 1 aliphatic rings. The second-order valence-electron chi connectivity index (χ2n) is 8.50. The molecule has 1 unspecified atom stereocenters. The SMILES string of the molecule is CCNC(=NCc1ccc(Cn2cnc3ccccc32)cc1)NCC1(CCO)CCOC1. The zero-order chi connectivity index (χ0) is 22.2. The number of ether oxygens (including phenoxy) is 1. The number of aliphatic hydroxyl groups excluding tert-OH is 1. The molecule has 2 heterocycles. The topological polar surface area (TPSA) is 83.7 Å². The lowest BCUT2D eigenvalue weighted by Crippen LogP contribution is -2.44. The van der Waals surface area contributed by atoms with Gasteiger partial charge in [0.2, 0.25) is 0 Å². The number of aliphatic imine (C=N–C) groups is 1. The van der Waals surface area contributed by atoms with Crippen LogP contribution in [0.2, 0.25) is 0 Å². The molecule has 0 spiro atoms. The van der Waals surface area contributed by atoms with E-state index in [2.05, 4.69) is 57.4 Å². The summed E-state index contributed by atoms with van der Waals surface area (Å²) in [4.78, 5) is 9.23. The Labute approximate surface area is 189 Å². The summed E-state index contributed by atoms with van der Waals surface area (Å²) < 4.78 is 7.76. The lowest BCUT2D eigenvalue weighted by atomic mass is 9.84. The van der Waals surface area contributed by atoms with Crippen molar-refractivity contribution in [2.45, 2.75) is 32.9 Å². The first-order valence-electron chi connectivity index (χ1n) is 11.4. The van der Waals surface area contributed by atoms with Crippen LogP contribution >= 0.6 is 0 Å². The Bertz CT molecular complexity index is 1020. The predicted octanol–water partition coefficient (Wildman–Crippen LogP) is 2.93. The van der Waals surface area contributed by atoms with Crippen LogP contribution in [-0.4, -0.2) is 53.5 Å². The summed E-state index contributed by atoms with van der Waals surface area (Å²) in [5, 5.41) is 16.2. The van der Waals surface area contributed by atoms with Gasteiger partial charge in [-0.3, -0.25) is 0 Å². The van der Waals surface area contributed by atoms with Crippen molar-refractivity contribution in [2.75, 3.05) is 32.9 Å². The van der Waals surface area contributed by atoms with Crippen molar-refractivity contribution in [2.24, 2.45) is 10.4 Å². The Morgan fingerprint density at radius 3 is 2.72 bits per heavy atom. The third-order valence-electron chi connectivity index (χ3n) is 6.13. The molecule has 1 aliphatic heterocycles. The minimum absolute atomic E-state index is 0.00984. The number of aromatic nitrogens is 2. The number of para-hydroxylation sites is 2. The Kier molecular flexibility index (Phi) is 7.39. The van der Waals surface area contributed by atoms with E-state index in [1.54, 1.807) is 0 Å². The Balaban J connectivity index is 1.36. The third-order valence-corrected chi connectivity index (χ3v) is 6.13. The van der Waals surface area contributed by atoms with E-state index in [1.807, 2.05) is 24.5 Å². The van der Waals surface area contributed by atoms with E-state index in [1.165, 1.54) is 5.56 Å². The molecule has 1 atom stereocenters. The van der Waals surface area contributed by atoms with Crippen molar-refractivity contribution in [1.29, 1.82) is 0 Å². The zero-order valence-corrected chi connectivity index (χ0v) is 18.8. The standard InChI is InChI=1S/C25H33N5O2/c1-2-26-24(28-17-25(11-13-31)12-14-32-18-25)27-15-20-7-9-21(10-8-20)16-30-19-29-22-5-3-4-6-23(22)30/h3-10,19,31H,2,11-18H2,1H3,(H2,26,27,28). The molecule has 170 valence electrons. The summed E-state index contributed by atoms with van der Waals surface area (Å²) in [6.45, 7) is 6.64. The van der Waals surface area contributed by atoms with Crippen molar-refractivity contribution in [3.8, 4) is 0 Å². The van der Waals surface area contributed by atoms with E-state index in [-0.39, 0.29) is 12.0 Å². The maximum atomic E-state index is 9.43. The van der Waals surface area contributed by atoms with Crippen molar-refractivity contribution in [1.82, 2.24) is 20.2 Å². The molecule has 4 rings (SSSR count). The lowest BCUT2D eigenvalue weighted by Gasteiger charge is -2.27. The van der Waals surface area contributed by atoms with Gasteiger partial charge in [-0.1, -0.05) is 36.4 Å². The molecule has 2 aromatic carbocycles. The van der Waals surface area contributed by atoms with Crippen molar-refractivity contribution in [3.63, 3.8) is 0 Å². The number of imidazole rings is 1. The van der Waals surface area contributed by atoms with Crippen molar-refractivity contribution < 1.29 is 9.84 Å². The van der Waals surface area contributed by atoms with Crippen LogP contribution in [-0.2, 0) is 17.8 Å². The van der Waals surface area contributed by atoms with Crippen LogP contribution in [0.1, 0.15) is 30.9 Å². The molecule has 0 radical (unpaired) electrons. The second-order valence-corrected chi connectivity index (χ2v) is 8.50. The predicted molar refractivity (Wildman–Crippen MR) is 128 cm³/mol. The fraction of sp³-hybridized carbons (Fsp3) is 0.440. The Morgan fingerprint density at radius 2 is 1.97 bits per heavy atom. The van der Waals surface area contributed by atoms with E-state index in [0.717, 1.165) is 61.6 Å². The molecule has 0 bridgehead atoms. The van der Waals surface area contributed by atoms with Gasteiger partial charge in [-0.2, -0.15) is 0 Å². The number of fused-ring (bicyclic) bond motifs is 1. The highest BCUT2D eigenvalue weighted by atomic mass is 16.5. The van der Waals surface area contributed by atoms with E-state index < -0.39 is 0 Å². The van der Waals surface area contributed by atoms with Crippen LogP contribution in [0.15, 0.2) is 59.9 Å². The summed E-state index contributed by atoms with van der Waals surface area (Å²) >= 11 is 0. The van der Waals surface area contributed by atoms with Crippen LogP contribution in [0.4, 0.5) is 0 Å². The van der Waals surface area contributed by atoms with Crippen LogP contribution < -0.4 is 10.6 Å². The summed E-state index contributed by atoms with van der Waals surface area (Å²) in [5.41, 5.74) is 4.55. The van der Waals surface area contributed by atoms with Gasteiger partial charge < -0.3 is 25.0 Å². The quantitative estimate of drug-likeness (QED) is 0.356. The fourth-order valence-electron chi connectivity index (χ4n) is 4.18. The average molecular weight is 436 g/mol. The van der Waals surface area contributed by atoms with E-state index >= 15 is 0 Å². The van der Waals surface area contributed by atoms with Crippen LogP contribution in [0, 0.1) is 5.41 Å². The number of nitrogens with zero attached hydrogens (tertiary/aromatic N) is 3. The van der Waals surface area contributed by atoms with E-state index in [0.29, 0.717) is 13.2 Å². The zero-order valence-electron chi connectivity index (χ0n) is 18.8. The first-order chi connectivity index (χ1) is 15.7. The van der Waals surface area contributed by atoms with Crippen LogP contribution in [0.25, 0.3) is 11.0 Å². The summed E-state index contributed by atoms with van der Waals surface area (Å²) in [7, 11) is 0. The Morgan fingerprint density at radius 1 is 1.16 bits per heavy atom. The molecule has 32 heavy (non-hydrogen) atoms. The number of hydrogen-bond donors (Lipinski definition) is 3. The number of guanidine groups is 1. The lowest BCUT2D eigenvalue weighted by molar-refractivity contribution is 0.127. The number of benzene rings is 2. The van der Waals surface area contributed by atoms with Gasteiger partial charge in [0.1, 0.15) is 0 Å². The van der Waals surface area contributed by atoms with Gasteiger partial charge in [0.25, 0.3) is 0 Å². The monoisotopic (exact) mass is 435 g/mol. The maximum absolute atomic E-state index is 9.43. The van der Waals surface area contributed by atoms with Gasteiger partial charge in [-0.05, 0) is 43.0 Å². The summed E-state index contributed by atoms with van der Waals surface area (Å²) in [6, 6.07) is 16.8. The normalized spacial score (nSPS) is 18.9. The number of aliphatic hydroxyl groups is 1. The molecule has 1 saturated heterocycles. The average Bonchev–Trinajstić information content (AvgIpc) is 3.45. The molecule has 7 nitrogen and oxygen atoms in total.